The minimum absolute atomic E-state index is 0.0597. The van der Waals surface area contributed by atoms with Crippen molar-refractivity contribution in [1.82, 2.24) is 0 Å². The number of hydrogen-bond donors (Lipinski definition) is 2. The molecule has 25 heavy (non-hydrogen) atoms. The number of halogens is 2. The first kappa shape index (κ1) is 18.9. The SMILES string of the molecule is Cc1cc(C)c(NC(=O)/C(C#N)=C\Nc2cc(Cl)cc(Cl)c2)c(C)c1. The molecule has 0 fully saturated rings. The number of aryl methyl sites for hydroxylation is 3. The Balaban J connectivity index is 2.20. The Morgan fingerprint density at radius 3 is 2.12 bits per heavy atom. The largest absolute Gasteiger partial charge is 0.360 e. The summed E-state index contributed by atoms with van der Waals surface area (Å²) in [5.41, 5.74) is 4.23. The lowest BCUT2D eigenvalue weighted by atomic mass is 10.0. The summed E-state index contributed by atoms with van der Waals surface area (Å²) in [6.07, 6.45) is 1.33. The average molecular weight is 374 g/mol. The van der Waals surface area contributed by atoms with Gasteiger partial charge >= 0.3 is 0 Å². The minimum Gasteiger partial charge on any atom is -0.360 e. The van der Waals surface area contributed by atoms with Crippen LogP contribution in [0.25, 0.3) is 0 Å². The van der Waals surface area contributed by atoms with Gasteiger partial charge in [-0.15, -0.1) is 0 Å². The van der Waals surface area contributed by atoms with E-state index in [4.69, 9.17) is 23.2 Å². The molecule has 0 atom stereocenters. The molecular formula is C19H17Cl2N3O. The second-order valence-electron chi connectivity index (χ2n) is 5.70. The van der Waals surface area contributed by atoms with E-state index >= 15 is 0 Å². The van der Waals surface area contributed by atoms with E-state index in [9.17, 15) is 10.1 Å². The van der Waals surface area contributed by atoms with Gasteiger partial charge in [0.15, 0.2) is 0 Å². The summed E-state index contributed by atoms with van der Waals surface area (Å²) in [5, 5.41) is 15.8. The molecule has 1 amide bonds. The van der Waals surface area contributed by atoms with Gasteiger partial charge in [0.25, 0.3) is 5.91 Å². The van der Waals surface area contributed by atoms with E-state index in [0.29, 0.717) is 21.4 Å². The first-order chi connectivity index (χ1) is 11.8. The number of anilines is 2. The normalized spacial score (nSPS) is 11.0. The first-order valence-electron chi connectivity index (χ1n) is 7.52. The van der Waals surface area contributed by atoms with Crippen molar-refractivity contribution < 1.29 is 4.79 Å². The summed E-state index contributed by atoms with van der Waals surface area (Å²) in [4.78, 5) is 12.4. The van der Waals surface area contributed by atoms with Gasteiger partial charge in [-0.1, -0.05) is 40.9 Å². The number of amides is 1. The maximum Gasteiger partial charge on any atom is 0.267 e. The van der Waals surface area contributed by atoms with Gasteiger partial charge in [0.05, 0.1) is 0 Å². The van der Waals surface area contributed by atoms with E-state index in [0.717, 1.165) is 16.7 Å². The van der Waals surface area contributed by atoms with Crippen LogP contribution in [0.5, 0.6) is 0 Å². The highest BCUT2D eigenvalue weighted by molar-refractivity contribution is 6.35. The van der Waals surface area contributed by atoms with Crippen molar-refractivity contribution in [3.63, 3.8) is 0 Å². The maximum absolute atomic E-state index is 12.4. The number of rotatable bonds is 4. The third kappa shape index (κ3) is 4.99. The summed E-state index contributed by atoms with van der Waals surface area (Å²) in [5.74, 6) is -0.488. The van der Waals surface area contributed by atoms with Crippen molar-refractivity contribution in [1.29, 1.82) is 5.26 Å². The molecule has 0 bridgehead atoms. The third-order valence-electron chi connectivity index (χ3n) is 3.53. The van der Waals surface area contributed by atoms with E-state index in [2.05, 4.69) is 10.6 Å². The van der Waals surface area contributed by atoms with E-state index in [1.807, 2.05) is 39.0 Å². The van der Waals surface area contributed by atoms with Crippen molar-refractivity contribution in [2.24, 2.45) is 0 Å². The second kappa shape index (κ2) is 8.06. The van der Waals surface area contributed by atoms with Crippen LogP contribution < -0.4 is 10.6 Å². The van der Waals surface area contributed by atoms with Crippen molar-refractivity contribution in [2.75, 3.05) is 10.6 Å². The Bertz CT molecular complexity index is 855. The van der Waals surface area contributed by atoms with Gasteiger partial charge in [0.2, 0.25) is 0 Å². The standard InChI is InChI=1S/C19H17Cl2N3O/c1-11-4-12(2)18(13(3)5-11)24-19(25)14(9-22)10-23-17-7-15(20)6-16(21)8-17/h4-8,10,23H,1-3H3,(H,24,25)/b14-10-. The summed E-state index contributed by atoms with van der Waals surface area (Å²) in [6, 6.07) is 10.7. The van der Waals surface area contributed by atoms with Crippen molar-refractivity contribution in [3.05, 3.63) is 68.8 Å². The molecule has 2 rings (SSSR count). The molecule has 2 aromatic rings. The molecule has 0 spiro atoms. The van der Waals surface area contributed by atoms with Gasteiger partial charge in [-0.2, -0.15) is 5.26 Å². The summed E-state index contributed by atoms with van der Waals surface area (Å²) >= 11 is 11.9. The van der Waals surface area contributed by atoms with Crippen LogP contribution in [0.15, 0.2) is 42.1 Å². The molecule has 0 heterocycles. The van der Waals surface area contributed by atoms with Crippen LogP contribution in [0, 0.1) is 32.1 Å². The lowest BCUT2D eigenvalue weighted by Crippen LogP contribution is -2.16. The molecule has 2 aromatic carbocycles. The van der Waals surface area contributed by atoms with Crippen molar-refractivity contribution >= 4 is 40.5 Å². The van der Waals surface area contributed by atoms with Crippen LogP contribution in [0.1, 0.15) is 16.7 Å². The molecule has 6 heteroatoms. The van der Waals surface area contributed by atoms with Crippen LogP contribution >= 0.6 is 23.2 Å². The predicted molar refractivity (Wildman–Crippen MR) is 103 cm³/mol. The molecule has 0 saturated heterocycles. The molecule has 4 nitrogen and oxygen atoms in total. The zero-order chi connectivity index (χ0) is 18.6. The van der Waals surface area contributed by atoms with Gasteiger partial charge in [0.1, 0.15) is 11.6 Å². The summed E-state index contributed by atoms with van der Waals surface area (Å²) in [6.45, 7) is 5.82. The highest BCUT2D eigenvalue weighted by Crippen LogP contribution is 2.24. The zero-order valence-corrected chi connectivity index (χ0v) is 15.6. The van der Waals surface area contributed by atoms with Gasteiger partial charge < -0.3 is 10.6 Å². The highest BCUT2D eigenvalue weighted by atomic mass is 35.5. The van der Waals surface area contributed by atoms with Crippen LogP contribution in [0.4, 0.5) is 11.4 Å². The van der Waals surface area contributed by atoms with Gasteiger partial charge in [0, 0.05) is 27.6 Å². The summed E-state index contributed by atoms with van der Waals surface area (Å²) < 4.78 is 0. The van der Waals surface area contributed by atoms with E-state index in [-0.39, 0.29) is 5.57 Å². The van der Waals surface area contributed by atoms with Gasteiger partial charge in [-0.25, -0.2) is 0 Å². The number of hydrogen-bond acceptors (Lipinski definition) is 3. The molecule has 128 valence electrons. The number of nitriles is 1. The molecule has 2 N–H and O–H groups in total. The molecule has 0 saturated carbocycles. The number of nitrogens with zero attached hydrogens (tertiary/aromatic N) is 1. The Morgan fingerprint density at radius 2 is 1.60 bits per heavy atom. The van der Waals surface area contributed by atoms with Crippen LogP contribution in [-0.4, -0.2) is 5.91 Å². The van der Waals surface area contributed by atoms with E-state index in [1.165, 1.54) is 6.20 Å². The van der Waals surface area contributed by atoms with Crippen molar-refractivity contribution in [2.45, 2.75) is 20.8 Å². The molecule has 0 aromatic heterocycles. The maximum atomic E-state index is 12.4. The lowest BCUT2D eigenvalue weighted by Gasteiger charge is -2.12. The van der Waals surface area contributed by atoms with Crippen LogP contribution in [0.3, 0.4) is 0 Å². The number of carbonyl (C=O) groups excluding carboxylic acids is 1. The zero-order valence-electron chi connectivity index (χ0n) is 14.1. The van der Waals surface area contributed by atoms with E-state index in [1.54, 1.807) is 18.2 Å². The summed E-state index contributed by atoms with van der Waals surface area (Å²) in [7, 11) is 0. The molecule has 0 unspecified atom stereocenters. The van der Waals surface area contributed by atoms with Crippen molar-refractivity contribution in [3.8, 4) is 6.07 Å². The average Bonchev–Trinajstić information content (AvgIpc) is 2.50. The molecule has 0 aliphatic rings. The predicted octanol–water partition coefficient (Wildman–Crippen LogP) is 5.38. The van der Waals surface area contributed by atoms with Gasteiger partial charge in [-0.05, 0) is 50.1 Å². The monoisotopic (exact) mass is 373 g/mol. The van der Waals surface area contributed by atoms with Crippen LogP contribution in [0.2, 0.25) is 10.0 Å². The number of carbonyl (C=O) groups is 1. The van der Waals surface area contributed by atoms with Crippen LogP contribution in [-0.2, 0) is 4.79 Å². The molecule has 0 radical (unpaired) electrons. The molecular weight excluding hydrogens is 357 g/mol. The Kier molecular flexibility index (Phi) is 6.08. The van der Waals surface area contributed by atoms with E-state index < -0.39 is 5.91 Å². The lowest BCUT2D eigenvalue weighted by molar-refractivity contribution is -0.112. The first-order valence-corrected chi connectivity index (χ1v) is 8.28. The highest BCUT2D eigenvalue weighted by Gasteiger charge is 2.13. The number of benzene rings is 2. The third-order valence-corrected chi connectivity index (χ3v) is 3.96. The fourth-order valence-corrected chi connectivity index (χ4v) is 3.03. The fourth-order valence-electron chi connectivity index (χ4n) is 2.50. The number of nitrogens with one attached hydrogen (secondary N) is 2. The quantitative estimate of drug-likeness (QED) is 0.558. The molecule has 0 aliphatic carbocycles. The molecule has 0 aliphatic heterocycles. The fraction of sp³-hybridized carbons (Fsp3) is 0.158. The smallest absolute Gasteiger partial charge is 0.267 e. The Morgan fingerprint density at radius 1 is 1.04 bits per heavy atom. The Labute approximate surface area is 157 Å². The van der Waals surface area contributed by atoms with Gasteiger partial charge in [-0.3, -0.25) is 4.79 Å². The topological polar surface area (TPSA) is 64.9 Å². The minimum atomic E-state index is -0.488. The second-order valence-corrected chi connectivity index (χ2v) is 6.57. The Hall–Kier alpha value is -2.48.